The predicted molar refractivity (Wildman–Crippen MR) is 88.9 cm³/mol. The Kier molecular flexibility index (Phi) is 7.16. The number of carbonyl (C=O) groups is 3. The molecule has 3 heteroatoms. The molecule has 0 aliphatic rings. The summed E-state index contributed by atoms with van der Waals surface area (Å²) in [7, 11) is 0. The van der Waals surface area contributed by atoms with E-state index in [1.165, 1.54) is 0 Å². The Bertz CT molecular complexity index is 531. The Morgan fingerprint density at radius 2 is 1.09 bits per heavy atom. The summed E-state index contributed by atoms with van der Waals surface area (Å²) in [5.41, 5.74) is 2.27. The number of hydrogen-bond acceptors (Lipinski definition) is 3. The zero-order valence-electron chi connectivity index (χ0n) is 14.1. The highest BCUT2D eigenvalue weighted by molar-refractivity contribution is 6.07. The van der Waals surface area contributed by atoms with Crippen molar-refractivity contribution < 1.29 is 14.4 Å². The first kappa shape index (κ1) is 18.3. The van der Waals surface area contributed by atoms with Crippen LogP contribution in [-0.4, -0.2) is 17.3 Å². The number of Topliss-reactive ketones (excluding diaryl/α,β-unsaturated/α-hetero) is 3. The molecule has 0 amide bonds. The van der Waals surface area contributed by atoms with Crippen molar-refractivity contribution >= 4 is 17.3 Å². The minimum absolute atomic E-state index is 0.00130. The average molecular weight is 302 g/mol. The predicted octanol–water partition coefficient (Wildman–Crippen LogP) is 4.94. The number of hydrogen-bond donors (Lipinski definition) is 0. The van der Waals surface area contributed by atoms with Crippen LogP contribution in [0, 0.1) is 6.92 Å². The minimum atomic E-state index is -0.00130. The van der Waals surface area contributed by atoms with Gasteiger partial charge in [0.15, 0.2) is 17.3 Å². The monoisotopic (exact) mass is 302 g/mol. The van der Waals surface area contributed by atoms with Gasteiger partial charge in [0.05, 0.1) is 0 Å². The van der Waals surface area contributed by atoms with Crippen LogP contribution in [0.1, 0.15) is 95.9 Å². The van der Waals surface area contributed by atoms with Crippen LogP contribution in [0.2, 0.25) is 0 Å². The first-order valence-electron chi connectivity index (χ1n) is 8.20. The lowest BCUT2D eigenvalue weighted by molar-refractivity contribution is 0.0980. The Balaban J connectivity index is 3.39. The quantitative estimate of drug-likeness (QED) is 0.607. The molecule has 0 N–H and O–H groups in total. The number of ketones is 3. The van der Waals surface area contributed by atoms with E-state index in [4.69, 9.17) is 0 Å². The van der Waals surface area contributed by atoms with Crippen LogP contribution < -0.4 is 0 Å². The van der Waals surface area contributed by atoms with E-state index in [0.717, 1.165) is 19.3 Å². The SMILES string of the molecule is CCCC(=O)c1cc(C(=O)CCC)c(C)c(C(=O)CCC)c1. The largest absolute Gasteiger partial charge is 0.294 e. The molecule has 0 aliphatic carbocycles. The lowest BCUT2D eigenvalue weighted by atomic mass is 9.90. The molecule has 0 aliphatic heterocycles. The fourth-order valence-corrected chi connectivity index (χ4v) is 2.55. The summed E-state index contributed by atoms with van der Waals surface area (Å²) in [6.45, 7) is 7.64. The van der Waals surface area contributed by atoms with Gasteiger partial charge in [-0.15, -0.1) is 0 Å². The highest BCUT2D eigenvalue weighted by atomic mass is 16.1. The maximum atomic E-state index is 12.3. The van der Waals surface area contributed by atoms with Gasteiger partial charge in [-0.2, -0.15) is 0 Å². The van der Waals surface area contributed by atoms with Gasteiger partial charge in [-0.25, -0.2) is 0 Å². The fraction of sp³-hybridized carbons (Fsp3) is 0.526. The summed E-state index contributed by atoms with van der Waals surface area (Å²) in [5, 5.41) is 0. The van der Waals surface area contributed by atoms with E-state index in [1.807, 2.05) is 20.8 Å². The van der Waals surface area contributed by atoms with Crippen LogP contribution in [0.3, 0.4) is 0 Å². The molecule has 1 aromatic carbocycles. The number of benzene rings is 1. The Morgan fingerprint density at radius 3 is 1.45 bits per heavy atom. The van der Waals surface area contributed by atoms with Gasteiger partial charge < -0.3 is 0 Å². The van der Waals surface area contributed by atoms with Crippen molar-refractivity contribution in [3.8, 4) is 0 Å². The standard InChI is InChI=1S/C19H26O3/c1-5-8-17(20)14-11-15(18(21)9-6-2)13(4)16(12-14)19(22)10-7-3/h11-12H,5-10H2,1-4H3. The van der Waals surface area contributed by atoms with Crippen LogP contribution in [0.25, 0.3) is 0 Å². The molecular weight excluding hydrogens is 276 g/mol. The molecular formula is C19H26O3. The van der Waals surface area contributed by atoms with Crippen molar-refractivity contribution in [1.82, 2.24) is 0 Å². The highest BCUT2D eigenvalue weighted by Crippen LogP contribution is 2.22. The van der Waals surface area contributed by atoms with Gasteiger partial charge in [-0.1, -0.05) is 20.8 Å². The molecule has 0 bridgehead atoms. The van der Waals surface area contributed by atoms with Crippen LogP contribution in [0.4, 0.5) is 0 Å². The highest BCUT2D eigenvalue weighted by Gasteiger charge is 2.19. The topological polar surface area (TPSA) is 51.2 Å². The molecule has 1 aromatic rings. The minimum Gasteiger partial charge on any atom is -0.294 e. The molecule has 22 heavy (non-hydrogen) atoms. The third-order valence-corrected chi connectivity index (χ3v) is 3.76. The van der Waals surface area contributed by atoms with Gasteiger partial charge in [0.1, 0.15) is 0 Å². The molecule has 0 aromatic heterocycles. The van der Waals surface area contributed by atoms with Gasteiger partial charge in [0.25, 0.3) is 0 Å². The second kappa shape index (κ2) is 8.62. The van der Waals surface area contributed by atoms with E-state index < -0.39 is 0 Å². The molecule has 0 saturated carbocycles. The smallest absolute Gasteiger partial charge is 0.163 e. The Morgan fingerprint density at radius 1 is 0.727 bits per heavy atom. The maximum absolute atomic E-state index is 12.3. The van der Waals surface area contributed by atoms with E-state index in [1.54, 1.807) is 19.1 Å². The molecule has 120 valence electrons. The van der Waals surface area contributed by atoms with Crippen molar-refractivity contribution in [1.29, 1.82) is 0 Å². The van der Waals surface area contributed by atoms with E-state index in [0.29, 0.717) is 41.5 Å². The number of rotatable bonds is 9. The molecule has 0 unspecified atom stereocenters. The van der Waals surface area contributed by atoms with Crippen LogP contribution >= 0.6 is 0 Å². The Hall–Kier alpha value is -1.77. The van der Waals surface area contributed by atoms with Gasteiger partial charge in [-0.05, 0) is 43.9 Å². The lowest BCUT2D eigenvalue weighted by Gasteiger charge is -2.13. The summed E-state index contributed by atoms with van der Waals surface area (Å²) in [6, 6.07) is 3.35. The molecule has 3 nitrogen and oxygen atoms in total. The van der Waals surface area contributed by atoms with E-state index >= 15 is 0 Å². The van der Waals surface area contributed by atoms with E-state index in [2.05, 4.69) is 0 Å². The van der Waals surface area contributed by atoms with Crippen molar-refractivity contribution in [2.24, 2.45) is 0 Å². The van der Waals surface area contributed by atoms with Crippen molar-refractivity contribution in [3.05, 3.63) is 34.4 Å². The summed E-state index contributed by atoms with van der Waals surface area (Å²) in [5.74, 6) is 0.0204. The second-order valence-corrected chi connectivity index (χ2v) is 5.72. The number of carbonyl (C=O) groups excluding carboxylic acids is 3. The molecule has 1 rings (SSSR count). The Labute approximate surface area is 133 Å². The third-order valence-electron chi connectivity index (χ3n) is 3.76. The van der Waals surface area contributed by atoms with Gasteiger partial charge in [0.2, 0.25) is 0 Å². The van der Waals surface area contributed by atoms with Crippen LogP contribution in [0.5, 0.6) is 0 Å². The first-order chi connectivity index (χ1) is 10.5. The molecule has 0 saturated heterocycles. The van der Waals surface area contributed by atoms with Crippen molar-refractivity contribution in [2.75, 3.05) is 0 Å². The normalized spacial score (nSPS) is 10.5. The zero-order chi connectivity index (χ0) is 16.7. The zero-order valence-corrected chi connectivity index (χ0v) is 14.1. The van der Waals surface area contributed by atoms with Crippen molar-refractivity contribution in [3.63, 3.8) is 0 Å². The molecule has 0 atom stereocenters. The third kappa shape index (κ3) is 4.36. The molecule has 0 spiro atoms. The van der Waals surface area contributed by atoms with Gasteiger partial charge in [-0.3, -0.25) is 14.4 Å². The molecule has 0 fully saturated rings. The van der Waals surface area contributed by atoms with E-state index in [9.17, 15) is 14.4 Å². The maximum Gasteiger partial charge on any atom is 0.163 e. The van der Waals surface area contributed by atoms with Crippen LogP contribution in [0.15, 0.2) is 12.1 Å². The van der Waals surface area contributed by atoms with E-state index in [-0.39, 0.29) is 17.3 Å². The lowest BCUT2D eigenvalue weighted by Crippen LogP contribution is -2.12. The van der Waals surface area contributed by atoms with Crippen molar-refractivity contribution in [2.45, 2.75) is 66.2 Å². The summed E-state index contributed by atoms with van der Waals surface area (Å²) in [6.07, 6.45) is 3.57. The fourth-order valence-electron chi connectivity index (χ4n) is 2.55. The van der Waals surface area contributed by atoms with Crippen LogP contribution in [-0.2, 0) is 0 Å². The first-order valence-corrected chi connectivity index (χ1v) is 8.20. The average Bonchev–Trinajstić information content (AvgIpc) is 2.48. The summed E-state index contributed by atoms with van der Waals surface area (Å²) < 4.78 is 0. The second-order valence-electron chi connectivity index (χ2n) is 5.72. The molecule has 0 heterocycles. The van der Waals surface area contributed by atoms with Gasteiger partial charge >= 0.3 is 0 Å². The van der Waals surface area contributed by atoms with Gasteiger partial charge in [0, 0.05) is 36.0 Å². The summed E-state index contributed by atoms with van der Waals surface area (Å²) >= 11 is 0. The molecule has 0 radical (unpaired) electrons. The summed E-state index contributed by atoms with van der Waals surface area (Å²) in [4.78, 5) is 36.8.